The van der Waals surface area contributed by atoms with Gasteiger partial charge in [-0.1, -0.05) is 6.07 Å². The third-order valence-corrected chi connectivity index (χ3v) is 5.80. The second kappa shape index (κ2) is 11.2. The highest BCUT2D eigenvalue weighted by Gasteiger charge is 2.45. The number of ketones is 1. The number of phenolic OH excluding ortho intramolecular Hbond substituents is 4. The summed E-state index contributed by atoms with van der Waals surface area (Å²) >= 11 is 0. The molecule has 0 amide bonds. The number of carbonyl (C=O) groups excluding carboxylic acids is 1. The lowest BCUT2D eigenvalue weighted by molar-refractivity contribution is -0.317. The van der Waals surface area contributed by atoms with Crippen LogP contribution in [-0.4, -0.2) is 95.2 Å². The van der Waals surface area contributed by atoms with E-state index in [4.69, 9.17) is 9.47 Å². The quantitative estimate of drug-likeness (QED) is 0.157. The van der Waals surface area contributed by atoms with E-state index < -0.39 is 78.3 Å². The van der Waals surface area contributed by atoms with Crippen molar-refractivity contribution in [2.75, 3.05) is 6.61 Å². The van der Waals surface area contributed by atoms with Crippen LogP contribution in [0.3, 0.4) is 0 Å². The Morgan fingerprint density at radius 2 is 1.51 bits per heavy atom. The van der Waals surface area contributed by atoms with E-state index in [1.807, 2.05) is 0 Å². The Morgan fingerprint density at radius 1 is 0.886 bits per heavy atom. The molecule has 12 heteroatoms. The fourth-order valence-electron chi connectivity index (χ4n) is 3.71. The molecule has 9 N–H and O–H groups in total. The zero-order valence-electron chi connectivity index (χ0n) is 18.4. The Hall–Kier alpha value is -2.97. The molecular weight excluding hydrogens is 468 g/mol. The minimum atomic E-state index is -1.76. The van der Waals surface area contributed by atoms with Crippen LogP contribution in [0.1, 0.15) is 34.9 Å². The second-order valence-corrected chi connectivity index (χ2v) is 8.23. The summed E-state index contributed by atoms with van der Waals surface area (Å²) < 4.78 is 11.0. The highest BCUT2D eigenvalue weighted by Crippen LogP contribution is 2.33. The smallest absolute Gasteiger partial charge is 0.187 e. The van der Waals surface area contributed by atoms with Crippen LogP contribution in [0.4, 0.5) is 0 Å². The molecule has 1 saturated heterocycles. The molecule has 0 saturated carbocycles. The van der Waals surface area contributed by atoms with Crippen molar-refractivity contribution in [3.8, 4) is 23.0 Å². The number of rotatable bonds is 9. The van der Waals surface area contributed by atoms with Crippen LogP contribution in [0.2, 0.25) is 0 Å². The van der Waals surface area contributed by atoms with E-state index in [1.54, 1.807) is 0 Å². The number of hydrogen-bond acceptors (Lipinski definition) is 12. The van der Waals surface area contributed by atoms with Gasteiger partial charge in [-0.3, -0.25) is 4.79 Å². The summed E-state index contributed by atoms with van der Waals surface area (Å²) in [6.45, 7) is -0.702. The predicted molar refractivity (Wildman–Crippen MR) is 117 cm³/mol. The minimum absolute atomic E-state index is 0.0728. The summed E-state index contributed by atoms with van der Waals surface area (Å²) in [7, 11) is 0. The molecule has 1 heterocycles. The molecule has 0 bridgehead atoms. The first kappa shape index (κ1) is 26.6. The number of carbonyl (C=O) groups is 1. The third kappa shape index (κ3) is 6.00. The van der Waals surface area contributed by atoms with Gasteiger partial charge in [0.05, 0.1) is 12.7 Å². The molecule has 1 fully saturated rings. The first-order valence-electron chi connectivity index (χ1n) is 10.7. The van der Waals surface area contributed by atoms with Crippen molar-refractivity contribution in [2.24, 2.45) is 0 Å². The van der Waals surface area contributed by atoms with Crippen LogP contribution < -0.4 is 0 Å². The van der Waals surface area contributed by atoms with Gasteiger partial charge in [0.25, 0.3) is 0 Å². The zero-order valence-corrected chi connectivity index (χ0v) is 18.4. The maximum atomic E-state index is 12.6. The lowest BCUT2D eigenvalue weighted by atomic mass is 9.96. The van der Waals surface area contributed by atoms with Crippen LogP contribution in [-0.2, 0) is 9.47 Å². The van der Waals surface area contributed by atoms with Gasteiger partial charge in [-0.15, -0.1) is 0 Å². The Labute approximate surface area is 199 Å². The minimum Gasteiger partial charge on any atom is -0.504 e. The van der Waals surface area contributed by atoms with Gasteiger partial charge in [-0.25, -0.2) is 0 Å². The molecule has 1 aliphatic rings. The number of ether oxygens (including phenoxy) is 2. The van der Waals surface area contributed by atoms with Crippen LogP contribution in [0.15, 0.2) is 36.4 Å². The Bertz CT molecular complexity index is 1030. The van der Waals surface area contributed by atoms with Crippen molar-refractivity contribution >= 4 is 5.78 Å². The van der Waals surface area contributed by atoms with Crippen LogP contribution in [0, 0.1) is 0 Å². The summed E-state index contributed by atoms with van der Waals surface area (Å²) in [4.78, 5) is 12.6. The molecule has 12 nitrogen and oxygen atoms in total. The number of benzene rings is 2. The number of aliphatic hydroxyl groups excluding tert-OH is 5. The van der Waals surface area contributed by atoms with Crippen molar-refractivity contribution in [2.45, 2.75) is 55.8 Å². The summed E-state index contributed by atoms with van der Waals surface area (Å²) in [6, 6.07) is 6.99. The number of aromatic hydroxyl groups is 4. The standard InChI is InChI=1S/C23H28O12/c24-9-18-20(31)21(32)22(33)23(35-18)34-17(19(30)11-2-4-14(27)16(29)8-11)6-5-12(25)10-1-3-13(26)15(28)7-10/h1-4,7-8,17-24,26-33H,5-6,9H2/t17?,18?,19?,20-,21?,22?,23-/m1/s1. The van der Waals surface area contributed by atoms with Crippen LogP contribution >= 0.6 is 0 Å². The Balaban J connectivity index is 1.82. The van der Waals surface area contributed by atoms with Crippen LogP contribution in [0.5, 0.6) is 23.0 Å². The van der Waals surface area contributed by atoms with E-state index >= 15 is 0 Å². The first-order valence-corrected chi connectivity index (χ1v) is 10.7. The lowest BCUT2D eigenvalue weighted by Crippen LogP contribution is -2.59. The van der Waals surface area contributed by atoms with E-state index in [2.05, 4.69) is 0 Å². The number of aliphatic hydroxyl groups is 5. The topological polar surface area (TPSA) is 218 Å². The summed E-state index contributed by atoms with van der Waals surface area (Å²) in [5.74, 6) is -2.35. The fourth-order valence-corrected chi connectivity index (χ4v) is 3.71. The molecular formula is C23H28O12. The molecule has 3 rings (SSSR count). The van der Waals surface area contributed by atoms with E-state index in [0.29, 0.717) is 0 Å². The second-order valence-electron chi connectivity index (χ2n) is 8.23. The molecule has 0 spiro atoms. The average molecular weight is 496 g/mol. The van der Waals surface area contributed by atoms with E-state index in [0.717, 1.165) is 24.3 Å². The first-order chi connectivity index (χ1) is 16.5. The molecule has 0 aromatic heterocycles. The van der Waals surface area contributed by atoms with Crippen molar-refractivity contribution in [1.82, 2.24) is 0 Å². The van der Waals surface area contributed by atoms with Gasteiger partial charge in [0, 0.05) is 12.0 Å². The normalized spacial score (nSPS) is 26.3. The molecule has 0 radical (unpaired) electrons. The van der Waals surface area contributed by atoms with Gasteiger partial charge in [0.15, 0.2) is 35.1 Å². The molecule has 0 aliphatic carbocycles. The highest BCUT2D eigenvalue weighted by atomic mass is 16.7. The maximum absolute atomic E-state index is 12.6. The fraction of sp³-hybridized carbons (Fsp3) is 0.435. The van der Waals surface area contributed by atoms with E-state index in [9.17, 15) is 50.8 Å². The predicted octanol–water partition coefficient (Wildman–Crippen LogP) is -0.609. The molecule has 35 heavy (non-hydrogen) atoms. The van der Waals surface area contributed by atoms with Gasteiger partial charge >= 0.3 is 0 Å². The Morgan fingerprint density at radius 3 is 2.11 bits per heavy atom. The summed E-state index contributed by atoms with van der Waals surface area (Å²) in [6.07, 6.45) is -11.2. The van der Waals surface area contributed by atoms with E-state index in [1.165, 1.54) is 12.1 Å². The Kier molecular flexibility index (Phi) is 8.51. The summed E-state index contributed by atoms with van der Waals surface area (Å²) in [5.41, 5.74) is 0.160. The van der Waals surface area contributed by atoms with Gasteiger partial charge in [-0.05, 0) is 42.3 Å². The summed E-state index contributed by atoms with van der Waals surface area (Å²) in [5, 5.41) is 89.0. The molecule has 7 atom stereocenters. The zero-order chi connectivity index (χ0) is 25.9. The van der Waals surface area contributed by atoms with Gasteiger partial charge in [0.1, 0.15) is 30.5 Å². The molecule has 2 aromatic rings. The largest absolute Gasteiger partial charge is 0.504 e. The van der Waals surface area contributed by atoms with Crippen molar-refractivity contribution in [3.63, 3.8) is 0 Å². The van der Waals surface area contributed by atoms with Crippen LogP contribution in [0.25, 0.3) is 0 Å². The maximum Gasteiger partial charge on any atom is 0.187 e. The van der Waals surface area contributed by atoms with Gasteiger partial charge in [-0.2, -0.15) is 0 Å². The number of phenols is 4. The monoisotopic (exact) mass is 496 g/mol. The number of Topliss-reactive ketones (excluding diaryl/α,β-unsaturated/α-hetero) is 1. The SMILES string of the molecule is O=C(CCC(O[C@@H]1OC(CO)[C@@H](O)C(O)C1O)C(O)c1ccc(O)c(O)c1)c1ccc(O)c(O)c1. The van der Waals surface area contributed by atoms with Crippen molar-refractivity contribution in [3.05, 3.63) is 47.5 Å². The van der Waals surface area contributed by atoms with Gasteiger partial charge < -0.3 is 55.4 Å². The molecule has 2 aromatic carbocycles. The molecule has 192 valence electrons. The number of hydrogen-bond donors (Lipinski definition) is 9. The van der Waals surface area contributed by atoms with Gasteiger partial charge in [0.2, 0.25) is 0 Å². The average Bonchev–Trinajstić information content (AvgIpc) is 2.84. The molecule has 1 aliphatic heterocycles. The van der Waals surface area contributed by atoms with Crippen molar-refractivity contribution < 1.29 is 60.2 Å². The third-order valence-electron chi connectivity index (χ3n) is 5.80. The highest BCUT2D eigenvalue weighted by molar-refractivity contribution is 5.96. The molecule has 5 unspecified atom stereocenters. The van der Waals surface area contributed by atoms with Crippen molar-refractivity contribution in [1.29, 1.82) is 0 Å². The lowest BCUT2D eigenvalue weighted by Gasteiger charge is -2.41. The van der Waals surface area contributed by atoms with E-state index in [-0.39, 0.29) is 24.0 Å².